The highest BCUT2D eigenvalue weighted by Gasteiger charge is 2.33. The number of methoxy groups -OCH3 is 1. The maximum absolute atomic E-state index is 12.9. The number of aromatic nitrogens is 1. The second kappa shape index (κ2) is 8.60. The molecule has 25 heavy (non-hydrogen) atoms. The molecule has 7 heteroatoms. The fourth-order valence-electron chi connectivity index (χ4n) is 3.66. The van der Waals surface area contributed by atoms with Gasteiger partial charge in [-0.2, -0.15) is 0 Å². The lowest BCUT2D eigenvalue weighted by Crippen LogP contribution is -2.53. The van der Waals surface area contributed by atoms with Gasteiger partial charge in [-0.15, -0.1) is 0 Å². The summed E-state index contributed by atoms with van der Waals surface area (Å²) in [5.74, 6) is 0.310. The van der Waals surface area contributed by atoms with Crippen molar-refractivity contribution in [3.05, 3.63) is 23.9 Å². The third kappa shape index (κ3) is 4.29. The molecule has 0 bridgehead atoms. The summed E-state index contributed by atoms with van der Waals surface area (Å²) in [6, 6.07) is 3.76. The molecular weight excluding hydrogens is 322 g/mol. The molecule has 7 nitrogen and oxygen atoms in total. The van der Waals surface area contributed by atoms with Gasteiger partial charge in [-0.05, 0) is 31.4 Å². The molecule has 2 fully saturated rings. The monoisotopic (exact) mass is 349 g/mol. The van der Waals surface area contributed by atoms with Crippen LogP contribution in [0.5, 0.6) is 5.88 Å². The lowest BCUT2D eigenvalue weighted by molar-refractivity contribution is 0.0313. The molecule has 1 N–H and O–H groups in total. The summed E-state index contributed by atoms with van der Waals surface area (Å²) >= 11 is 0. The molecule has 0 spiro atoms. The zero-order chi connectivity index (χ0) is 17.6. The van der Waals surface area contributed by atoms with E-state index >= 15 is 0 Å². The van der Waals surface area contributed by atoms with E-state index in [0.717, 1.165) is 32.4 Å². The van der Waals surface area contributed by atoms with Gasteiger partial charge in [-0.1, -0.05) is 0 Å². The van der Waals surface area contributed by atoms with E-state index < -0.39 is 0 Å². The first-order valence-electron chi connectivity index (χ1n) is 8.99. The SMILES string of the molecule is COCCOc1ncccc1C(=O)N1CCN([C@@H]2CCC[C@H]2O)CC1. The molecule has 3 rings (SSSR count). The van der Waals surface area contributed by atoms with Crippen molar-refractivity contribution < 1.29 is 19.4 Å². The van der Waals surface area contributed by atoms with Crippen molar-refractivity contribution >= 4 is 5.91 Å². The highest BCUT2D eigenvalue weighted by molar-refractivity contribution is 5.96. The first kappa shape index (κ1) is 18.1. The third-order valence-electron chi connectivity index (χ3n) is 5.04. The Morgan fingerprint density at radius 2 is 2.08 bits per heavy atom. The van der Waals surface area contributed by atoms with Crippen molar-refractivity contribution in [1.29, 1.82) is 0 Å². The lowest BCUT2D eigenvalue weighted by Gasteiger charge is -2.39. The van der Waals surface area contributed by atoms with E-state index in [2.05, 4.69) is 9.88 Å². The van der Waals surface area contributed by atoms with Crippen LogP contribution in [0.3, 0.4) is 0 Å². The molecule has 1 aromatic heterocycles. The first-order chi connectivity index (χ1) is 12.2. The third-order valence-corrected chi connectivity index (χ3v) is 5.04. The quantitative estimate of drug-likeness (QED) is 0.765. The van der Waals surface area contributed by atoms with Crippen molar-refractivity contribution in [2.75, 3.05) is 46.5 Å². The molecule has 2 atom stereocenters. The Bertz CT molecular complexity index is 575. The molecule has 2 aliphatic rings. The molecule has 1 amide bonds. The van der Waals surface area contributed by atoms with Gasteiger partial charge >= 0.3 is 0 Å². The fraction of sp³-hybridized carbons (Fsp3) is 0.667. The summed E-state index contributed by atoms with van der Waals surface area (Å²) in [6.07, 6.45) is 4.43. The minimum atomic E-state index is -0.221. The van der Waals surface area contributed by atoms with Crippen molar-refractivity contribution in [3.8, 4) is 5.88 Å². The van der Waals surface area contributed by atoms with Crippen LogP contribution in [0.4, 0.5) is 0 Å². The Morgan fingerprint density at radius 1 is 1.28 bits per heavy atom. The van der Waals surface area contributed by atoms with E-state index in [-0.39, 0.29) is 18.1 Å². The van der Waals surface area contributed by atoms with Crippen molar-refractivity contribution in [2.24, 2.45) is 0 Å². The van der Waals surface area contributed by atoms with Crippen LogP contribution in [-0.2, 0) is 4.74 Å². The van der Waals surface area contributed by atoms with E-state index in [0.29, 0.717) is 37.7 Å². The number of piperazine rings is 1. The van der Waals surface area contributed by atoms with Gasteiger partial charge in [0.1, 0.15) is 12.2 Å². The maximum atomic E-state index is 12.9. The number of carbonyl (C=O) groups is 1. The van der Waals surface area contributed by atoms with Gasteiger partial charge < -0.3 is 19.5 Å². The second-order valence-electron chi connectivity index (χ2n) is 6.59. The number of amides is 1. The molecule has 1 aromatic rings. The van der Waals surface area contributed by atoms with E-state index in [1.807, 2.05) is 4.90 Å². The van der Waals surface area contributed by atoms with E-state index in [1.54, 1.807) is 25.4 Å². The molecular formula is C18H27N3O4. The molecule has 138 valence electrons. The summed E-state index contributed by atoms with van der Waals surface area (Å²) in [5.41, 5.74) is 0.493. The number of pyridine rings is 1. The van der Waals surface area contributed by atoms with E-state index in [9.17, 15) is 9.90 Å². The minimum absolute atomic E-state index is 0.0489. The standard InChI is InChI=1S/C18H27N3O4/c1-24-12-13-25-17-14(4-3-7-19-17)18(23)21-10-8-20(9-11-21)15-5-2-6-16(15)22/h3-4,7,15-16,22H,2,5-6,8-13H2,1H3/t15-,16-/m1/s1. The van der Waals surface area contributed by atoms with Crippen LogP contribution in [0.15, 0.2) is 18.3 Å². The van der Waals surface area contributed by atoms with Crippen molar-refractivity contribution in [3.63, 3.8) is 0 Å². The van der Waals surface area contributed by atoms with Gasteiger partial charge in [0.15, 0.2) is 0 Å². The van der Waals surface area contributed by atoms with Gasteiger partial charge in [0.05, 0.1) is 12.7 Å². The average molecular weight is 349 g/mol. The molecule has 1 aliphatic carbocycles. The number of hydrogen-bond donors (Lipinski definition) is 1. The number of ether oxygens (including phenoxy) is 2. The van der Waals surface area contributed by atoms with Gasteiger partial charge in [0, 0.05) is 45.5 Å². The summed E-state index contributed by atoms with van der Waals surface area (Å²) in [6.45, 7) is 3.73. The van der Waals surface area contributed by atoms with E-state index in [4.69, 9.17) is 9.47 Å². The Labute approximate surface area is 148 Å². The number of carbonyl (C=O) groups excluding carboxylic acids is 1. The number of aliphatic hydroxyl groups excluding tert-OH is 1. The highest BCUT2D eigenvalue weighted by atomic mass is 16.5. The smallest absolute Gasteiger partial charge is 0.259 e. The summed E-state index contributed by atoms with van der Waals surface area (Å²) in [4.78, 5) is 21.2. The zero-order valence-electron chi connectivity index (χ0n) is 14.8. The van der Waals surface area contributed by atoms with Gasteiger partial charge in [-0.25, -0.2) is 4.98 Å². The summed E-state index contributed by atoms with van der Waals surface area (Å²) < 4.78 is 10.6. The summed E-state index contributed by atoms with van der Waals surface area (Å²) in [5, 5.41) is 10.1. The molecule has 1 aliphatic heterocycles. The number of aliphatic hydroxyl groups is 1. The van der Waals surface area contributed by atoms with Gasteiger partial charge in [0.2, 0.25) is 5.88 Å². The molecule has 1 saturated heterocycles. The van der Waals surface area contributed by atoms with Gasteiger partial charge in [0.25, 0.3) is 5.91 Å². The summed E-state index contributed by atoms with van der Waals surface area (Å²) in [7, 11) is 1.61. The Balaban J connectivity index is 1.59. The molecule has 1 saturated carbocycles. The van der Waals surface area contributed by atoms with Crippen LogP contribution in [0.25, 0.3) is 0 Å². The van der Waals surface area contributed by atoms with Crippen LogP contribution >= 0.6 is 0 Å². The van der Waals surface area contributed by atoms with Gasteiger partial charge in [-0.3, -0.25) is 9.69 Å². The predicted molar refractivity (Wildman–Crippen MR) is 92.7 cm³/mol. The van der Waals surface area contributed by atoms with Crippen LogP contribution in [-0.4, -0.2) is 84.4 Å². The van der Waals surface area contributed by atoms with Crippen molar-refractivity contribution in [1.82, 2.24) is 14.8 Å². The van der Waals surface area contributed by atoms with Crippen LogP contribution in [0, 0.1) is 0 Å². The Kier molecular flexibility index (Phi) is 6.23. The molecule has 0 unspecified atom stereocenters. The number of rotatable bonds is 6. The largest absolute Gasteiger partial charge is 0.475 e. The normalized spacial score (nSPS) is 24.5. The minimum Gasteiger partial charge on any atom is -0.475 e. The molecule has 0 aromatic carbocycles. The predicted octanol–water partition coefficient (Wildman–Crippen LogP) is 0.778. The second-order valence-corrected chi connectivity index (χ2v) is 6.59. The Morgan fingerprint density at radius 3 is 2.76 bits per heavy atom. The lowest BCUT2D eigenvalue weighted by atomic mass is 10.1. The zero-order valence-corrected chi connectivity index (χ0v) is 14.8. The van der Waals surface area contributed by atoms with E-state index in [1.165, 1.54) is 0 Å². The van der Waals surface area contributed by atoms with Crippen molar-refractivity contribution in [2.45, 2.75) is 31.4 Å². The van der Waals surface area contributed by atoms with Crippen LogP contribution in [0.2, 0.25) is 0 Å². The fourth-order valence-corrected chi connectivity index (χ4v) is 3.66. The average Bonchev–Trinajstić information content (AvgIpc) is 3.08. The molecule has 0 radical (unpaired) electrons. The first-order valence-corrected chi connectivity index (χ1v) is 8.99. The van der Waals surface area contributed by atoms with Crippen LogP contribution < -0.4 is 4.74 Å². The topological polar surface area (TPSA) is 75.1 Å². The highest BCUT2D eigenvalue weighted by Crippen LogP contribution is 2.25. The Hall–Kier alpha value is -1.70. The van der Waals surface area contributed by atoms with Crippen LogP contribution in [0.1, 0.15) is 29.6 Å². The maximum Gasteiger partial charge on any atom is 0.259 e. The number of nitrogens with zero attached hydrogens (tertiary/aromatic N) is 3. The number of hydrogen-bond acceptors (Lipinski definition) is 6. The molecule has 2 heterocycles.